The predicted octanol–water partition coefficient (Wildman–Crippen LogP) is 4.14. The summed E-state index contributed by atoms with van der Waals surface area (Å²) in [4.78, 5) is 4.30. The number of anilines is 2. The molecular weight excluding hydrogens is 256 g/mol. The second kappa shape index (κ2) is 5.80. The summed E-state index contributed by atoms with van der Waals surface area (Å²) in [6, 6.07) is 17.6. The third-order valence-corrected chi connectivity index (χ3v) is 4.17. The van der Waals surface area contributed by atoms with E-state index in [2.05, 4.69) is 100 Å². The van der Waals surface area contributed by atoms with Gasteiger partial charge in [-0.15, -0.1) is 0 Å². The molecule has 112 valence electrons. The standard InChI is InChI=1S/C19H26N2/c1-19(2,15-9-7-11-17(13-15)20(3)4)16-10-8-12-18(14-16)21(5)6/h7-14H,1-6H3. The van der Waals surface area contributed by atoms with Gasteiger partial charge in [-0.1, -0.05) is 38.1 Å². The van der Waals surface area contributed by atoms with Gasteiger partial charge in [0.05, 0.1) is 0 Å². The van der Waals surface area contributed by atoms with E-state index in [1.807, 2.05) is 0 Å². The van der Waals surface area contributed by atoms with Gasteiger partial charge in [-0.2, -0.15) is 0 Å². The van der Waals surface area contributed by atoms with Crippen LogP contribution in [0.2, 0.25) is 0 Å². The van der Waals surface area contributed by atoms with Crippen LogP contribution in [0.4, 0.5) is 11.4 Å². The fourth-order valence-electron chi connectivity index (χ4n) is 2.51. The van der Waals surface area contributed by atoms with Crippen LogP contribution in [0, 0.1) is 0 Å². The van der Waals surface area contributed by atoms with Crippen LogP contribution in [0.25, 0.3) is 0 Å². The SMILES string of the molecule is CN(C)c1cccc(C(C)(C)c2cccc(N(C)C)c2)c1. The zero-order valence-electron chi connectivity index (χ0n) is 14.0. The van der Waals surface area contributed by atoms with Gasteiger partial charge in [0.25, 0.3) is 0 Å². The first-order chi connectivity index (χ1) is 9.82. The monoisotopic (exact) mass is 282 g/mol. The summed E-state index contributed by atoms with van der Waals surface area (Å²) in [7, 11) is 8.33. The highest BCUT2D eigenvalue weighted by molar-refractivity contribution is 5.54. The van der Waals surface area contributed by atoms with E-state index in [1.54, 1.807) is 0 Å². The summed E-state index contributed by atoms with van der Waals surface area (Å²) in [5.74, 6) is 0. The molecule has 0 heterocycles. The lowest BCUT2D eigenvalue weighted by molar-refractivity contribution is 0.640. The highest BCUT2D eigenvalue weighted by Gasteiger charge is 2.24. The molecule has 2 heteroatoms. The Hall–Kier alpha value is -1.96. The van der Waals surface area contributed by atoms with Crippen molar-refractivity contribution in [1.29, 1.82) is 0 Å². The largest absolute Gasteiger partial charge is 0.378 e. The molecule has 2 nitrogen and oxygen atoms in total. The maximum Gasteiger partial charge on any atom is 0.0364 e. The second-order valence-electron chi connectivity index (χ2n) is 6.51. The van der Waals surface area contributed by atoms with Crippen molar-refractivity contribution < 1.29 is 0 Å². The lowest BCUT2D eigenvalue weighted by Crippen LogP contribution is -2.20. The highest BCUT2D eigenvalue weighted by atomic mass is 15.1. The minimum absolute atomic E-state index is 0.0158. The molecule has 0 saturated carbocycles. The Labute approximate surface area is 129 Å². The number of hydrogen-bond donors (Lipinski definition) is 0. The van der Waals surface area contributed by atoms with Crippen LogP contribution in [0.15, 0.2) is 48.5 Å². The van der Waals surface area contributed by atoms with Crippen molar-refractivity contribution in [3.8, 4) is 0 Å². The van der Waals surface area contributed by atoms with Crippen LogP contribution < -0.4 is 9.80 Å². The van der Waals surface area contributed by atoms with Crippen molar-refractivity contribution in [3.63, 3.8) is 0 Å². The normalized spacial score (nSPS) is 11.3. The Kier molecular flexibility index (Phi) is 4.26. The Balaban J connectivity index is 2.46. The molecule has 0 aliphatic rings. The van der Waals surface area contributed by atoms with Gasteiger partial charge in [0, 0.05) is 45.0 Å². The molecule has 0 fully saturated rings. The number of hydrogen-bond acceptors (Lipinski definition) is 2. The minimum atomic E-state index is -0.0158. The van der Waals surface area contributed by atoms with Gasteiger partial charge in [0.1, 0.15) is 0 Å². The maximum atomic E-state index is 2.29. The third kappa shape index (κ3) is 3.21. The third-order valence-electron chi connectivity index (χ3n) is 4.17. The average Bonchev–Trinajstić information content (AvgIpc) is 2.47. The first kappa shape index (κ1) is 15.4. The van der Waals surface area contributed by atoms with Crippen LogP contribution in [-0.2, 0) is 5.41 Å². The zero-order chi connectivity index (χ0) is 15.6. The van der Waals surface area contributed by atoms with Crippen molar-refractivity contribution in [2.45, 2.75) is 19.3 Å². The quantitative estimate of drug-likeness (QED) is 0.831. The summed E-state index contributed by atoms with van der Waals surface area (Å²) in [5.41, 5.74) is 5.14. The highest BCUT2D eigenvalue weighted by Crippen LogP contribution is 2.34. The van der Waals surface area contributed by atoms with E-state index in [0.717, 1.165) is 0 Å². The van der Waals surface area contributed by atoms with Crippen molar-refractivity contribution in [3.05, 3.63) is 59.7 Å². The summed E-state index contributed by atoms with van der Waals surface area (Å²) in [6.07, 6.45) is 0. The molecular formula is C19H26N2. The van der Waals surface area contributed by atoms with Gasteiger partial charge >= 0.3 is 0 Å². The Morgan fingerprint density at radius 1 is 0.667 bits per heavy atom. The van der Waals surface area contributed by atoms with E-state index in [-0.39, 0.29) is 5.41 Å². The summed E-state index contributed by atoms with van der Waals surface area (Å²) in [5, 5.41) is 0. The average molecular weight is 282 g/mol. The molecule has 0 aliphatic heterocycles. The van der Waals surface area contributed by atoms with Crippen LogP contribution >= 0.6 is 0 Å². The molecule has 0 amide bonds. The molecule has 21 heavy (non-hydrogen) atoms. The van der Waals surface area contributed by atoms with Crippen molar-refractivity contribution >= 4 is 11.4 Å². The molecule has 0 bridgehead atoms. The van der Waals surface area contributed by atoms with Gasteiger partial charge in [0.15, 0.2) is 0 Å². The van der Waals surface area contributed by atoms with Crippen LogP contribution in [-0.4, -0.2) is 28.2 Å². The lowest BCUT2D eigenvalue weighted by atomic mass is 9.78. The van der Waals surface area contributed by atoms with Crippen molar-refractivity contribution in [2.75, 3.05) is 38.0 Å². The van der Waals surface area contributed by atoms with E-state index < -0.39 is 0 Å². The summed E-state index contributed by atoms with van der Waals surface area (Å²) < 4.78 is 0. The van der Waals surface area contributed by atoms with E-state index in [9.17, 15) is 0 Å². The molecule has 0 aliphatic carbocycles. The molecule has 0 atom stereocenters. The molecule has 2 rings (SSSR count). The number of rotatable bonds is 4. The van der Waals surface area contributed by atoms with Crippen molar-refractivity contribution in [2.24, 2.45) is 0 Å². The topological polar surface area (TPSA) is 6.48 Å². The first-order valence-electron chi connectivity index (χ1n) is 7.38. The summed E-state index contributed by atoms with van der Waals surface area (Å²) >= 11 is 0. The van der Waals surface area contributed by atoms with Crippen LogP contribution in [0.5, 0.6) is 0 Å². The Bertz CT molecular complexity index is 559. The number of nitrogens with zero attached hydrogens (tertiary/aromatic N) is 2. The van der Waals surface area contributed by atoms with Gasteiger partial charge in [-0.05, 0) is 35.4 Å². The lowest BCUT2D eigenvalue weighted by Gasteiger charge is -2.28. The van der Waals surface area contributed by atoms with Crippen LogP contribution in [0.1, 0.15) is 25.0 Å². The van der Waals surface area contributed by atoms with Crippen molar-refractivity contribution in [1.82, 2.24) is 0 Å². The molecule has 0 N–H and O–H groups in total. The van der Waals surface area contributed by atoms with Crippen LogP contribution in [0.3, 0.4) is 0 Å². The minimum Gasteiger partial charge on any atom is -0.378 e. The molecule has 0 radical (unpaired) electrons. The van der Waals surface area contributed by atoms with Gasteiger partial charge < -0.3 is 9.80 Å². The molecule has 0 saturated heterocycles. The molecule has 0 unspecified atom stereocenters. The molecule has 2 aromatic carbocycles. The second-order valence-corrected chi connectivity index (χ2v) is 6.51. The van der Waals surface area contributed by atoms with Gasteiger partial charge in [-0.3, -0.25) is 0 Å². The zero-order valence-corrected chi connectivity index (χ0v) is 14.0. The van der Waals surface area contributed by atoms with E-state index >= 15 is 0 Å². The maximum absolute atomic E-state index is 2.29. The predicted molar refractivity (Wildman–Crippen MR) is 93.7 cm³/mol. The first-order valence-corrected chi connectivity index (χ1v) is 7.38. The Morgan fingerprint density at radius 3 is 1.38 bits per heavy atom. The molecule has 0 spiro atoms. The Morgan fingerprint density at radius 2 is 1.05 bits per heavy atom. The smallest absolute Gasteiger partial charge is 0.0364 e. The van der Waals surface area contributed by atoms with E-state index in [0.29, 0.717) is 0 Å². The van der Waals surface area contributed by atoms with Gasteiger partial charge in [-0.25, -0.2) is 0 Å². The molecule has 0 aromatic heterocycles. The fourth-order valence-corrected chi connectivity index (χ4v) is 2.51. The van der Waals surface area contributed by atoms with E-state index in [4.69, 9.17) is 0 Å². The van der Waals surface area contributed by atoms with Gasteiger partial charge in [0.2, 0.25) is 0 Å². The summed E-state index contributed by atoms with van der Waals surface area (Å²) in [6.45, 7) is 4.58. The molecule has 2 aromatic rings. The van der Waals surface area contributed by atoms with E-state index in [1.165, 1.54) is 22.5 Å². The fraction of sp³-hybridized carbons (Fsp3) is 0.368. The number of benzene rings is 2.